The van der Waals surface area contributed by atoms with Gasteiger partial charge in [0.25, 0.3) is 0 Å². The Kier molecular flexibility index (Phi) is 4.28. The summed E-state index contributed by atoms with van der Waals surface area (Å²) in [7, 11) is 0. The molecule has 7 nitrogen and oxygen atoms in total. The molecule has 1 aromatic carbocycles. The highest BCUT2D eigenvalue weighted by Gasteiger charge is 2.17. The number of allylic oxidation sites excluding steroid dienone is 1. The lowest BCUT2D eigenvalue weighted by Crippen LogP contribution is -2.30. The smallest absolute Gasteiger partial charge is 0.153 e. The van der Waals surface area contributed by atoms with E-state index in [1.54, 1.807) is 23.2 Å². The second-order valence-electron chi connectivity index (χ2n) is 6.35. The summed E-state index contributed by atoms with van der Waals surface area (Å²) in [5.41, 5.74) is 2.42. The summed E-state index contributed by atoms with van der Waals surface area (Å²) in [6.07, 6.45) is 11.4. The number of nitrogens with zero attached hydrogens (tertiary/aromatic N) is 4. The molecule has 1 saturated carbocycles. The number of aromatic nitrogens is 5. The van der Waals surface area contributed by atoms with Crippen molar-refractivity contribution in [2.45, 2.75) is 38.1 Å². The van der Waals surface area contributed by atoms with Gasteiger partial charge in [-0.3, -0.25) is 5.41 Å². The van der Waals surface area contributed by atoms with Gasteiger partial charge in [0.15, 0.2) is 11.7 Å². The van der Waals surface area contributed by atoms with Crippen molar-refractivity contribution in [3.8, 4) is 0 Å². The third-order valence-electron chi connectivity index (χ3n) is 4.58. The maximum absolute atomic E-state index is 8.48. The van der Waals surface area contributed by atoms with Crippen molar-refractivity contribution in [3.05, 3.63) is 48.6 Å². The number of benzene rings is 1. The molecule has 0 unspecified atom stereocenters. The minimum absolute atomic E-state index is 0.253. The van der Waals surface area contributed by atoms with Crippen LogP contribution in [0.3, 0.4) is 0 Å². The molecule has 7 heteroatoms. The van der Waals surface area contributed by atoms with Crippen molar-refractivity contribution in [3.63, 3.8) is 0 Å². The van der Waals surface area contributed by atoms with Crippen molar-refractivity contribution in [2.24, 2.45) is 0 Å². The molecule has 0 spiro atoms. The Morgan fingerprint density at radius 2 is 2.08 bits per heavy atom. The number of nitrogens with one attached hydrogen (secondary N) is 3. The standard InChI is InChI=1S/C18H21N7/c19-17(25-16-9-5-4-8-14(16)23-24-25)12-15(18-20-10-11-21-18)22-13-6-2-1-3-7-13/h4-5,8-13,19,22H,1-3,6-7H2,(H,20,21)/b15-12+,19-17?. The highest BCUT2D eigenvalue weighted by Crippen LogP contribution is 2.20. The van der Waals surface area contributed by atoms with Crippen LogP contribution in [0.5, 0.6) is 0 Å². The molecule has 4 rings (SSSR count). The average Bonchev–Trinajstić information content (AvgIpc) is 3.32. The predicted octanol–water partition coefficient (Wildman–Crippen LogP) is 2.94. The van der Waals surface area contributed by atoms with E-state index in [1.165, 1.54) is 19.3 Å². The lowest BCUT2D eigenvalue weighted by molar-refractivity contribution is 0.408. The number of imidazole rings is 1. The molecule has 0 amide bonds. The molecule has 25 heavy (non-hydrogen) atoms. The molecule has 3 N–H and O–H groups in total. The van der Waals surface area contributed by atoms with E-state index < -0.39 is 0 Å². The first kappa shape index (κ1) is 15.6. The molecular weight excluding hydrogens is 314 g/mol. The first-order valence-corrected chi connectivity index (χ1v) is 8.68. The summed E-state index contributed by atoms with van der Waals surface area (Å²) in [4.78, 5) is 7.48. The van der Waals surface area contributed by atoms with Crippen LogP contribution in [0, 0.1) is 5.41 Å². The number of aromatic amines is 1. The zero-order chi connectivity index (χ0) is 17.1. The number of para-hydroxylation sites is 1. The fraction of sp³-hybridized carbons (Fsp3) is 0.333. The van der Waals surface area contributed by atoms with Gasteiger partial charge < -0.3 is 10.3 Å². The number of hydrogen-bond acceptors (Lipinski definition) is 5. The van der Waals surface area contributed by atoms with Gasteiger partial charge in [-0.25, -0.2) is 4.98 Å². The van der Waals surface area contributed by atoms with Gasteiger partial charge in [0, 0.05) is 24.5 Å². The fourth-order valence-corrected chi connectivity index (χ4v) is 3.30. The topological polar surface area (TPSA) is 95.3 Å². The van der Waals surface area contributed by atoms with Gasteiger partial charge in [-0.05, 0) is 25.0 Å². The SMILES string of the molecule is N=C(/C=C(/NC1CCCCC1)c1ncc[nH]1)n1nnc2ccccc21. The zero-order valence-corrected chi connectivity index (χ0v) is 13.9. The summed E-state index contributed by atoms with van der Waals surface area (Å²) in [5, 5.41) is 20.3. The number of hydrogen-bond donors (Lipinski definition) is 3. The largest absolute Gasteiger partial charge is 0.379 e. The van der Waals surface area contributed by atoms with E-state index in [2.05, 4.69) is 25.6 Å². The Hall–Kier alpha value is -2.96. The monoisotopic (exact) mass is 335 g/mol. The van der Waals surface area contributed by atoms with Crippen LogP contribution in [-0.2, 0) is 0 Å². The highest BCUT2D eigenvalue weighted by molar-refractivity contribution is 6.01. The van der Waals surface area contributed by atoms with Crippen molar-refractivity contribution < 1.29 is 0 Å². The van der Waals surface area contributed by atoms with Crippen molar-refractivity contribution in [1.29, 1.82) is 5.41 Å². The van der Waals surface area contributed by atoms with Crippen LogP contribution in [0.15, 0.2) is 42.7 Å². The van der Waals surface area contributed by atoms with E-state index in [-0.39, 0.29) is 5.84 Å². The normalized spacial score (nSPS) is 16.2. The molecular formula is C18H21N7. The van der Waals surface area contributed by atoms with Crippen LogP contribution >= 0.6 is 0 Å². The van der Waals surface area contributed by atoms with Crippen molar-refractivity contribution in [1.82, 2.24) is 30.3 Å². The van der Waals surface area contributed by atoms with Crippen LogP contribution in [0.1, 0.15) is 37.9 Å². The van der Waals surface area contributed by atoms with E-state index in [9.17, 15) is 0 Å². The molecule has 2 aromatic heterocycles. The summed E-state index contributed by atoms with van der Waals surface area (Å²) in [6.45, 7) is 0. The van der Waals surface area contributed by atoms with E-state index in [1.807, 2.05) is 24.3 Å². The van der Waals surface area contributed by atoms with Crippen LogP contribution in [0.2, 0.25) is 0 Å². The van der Waals surface area contributed by atoms with Gasteiger partial charge >= 0.3 is 0 Å². The van der Waals surface area contributed by atoms with Gasteiger partial charge in [0.1, 0.15) is 5.52 Å². The first-order chi connectivity index (χ1) is 12.3. The minimum Gasteiger partial charge on any atom is -0.379 e. The molecule has 128 valence electrons. The lowest BCUT2D eigenvalue weighted by Gasteiger charge is -2.24. The molecule has 1 aliphatic rings. The lowest BCUT2D eigenvalue weighted by atomic mass is 9.95. The van der Waals surface area contributed by atoms with Crippen LogP contribution in [0.4, 0.5) is 0 Å². The maximum atomic E-state index is 8.48. The molecule has 0 bridgehead atoms. The number of rotatable bonds is 4. The number of fused-ring (bicyclic) bond motifs is 1. The van der Waals surface area contributed by atoms with E-state index in [4.69, 9.17) is 5.41 Å². The molecule has 0 atom stereocenters. The Bertz CT molecular complexity index is 885. The number of H-pyrrole nitrogens is 1. The minimum atomic E-state index is 0.253. The average molecular weight is 335 g/mol. The molecule has 2 heterocycles. The summed E-state index contributed by atoms with van der Waals surface area (Å²) >= 11 is 0. The van der Waals surface area contributed by atoms with Crippen LogP contribution in [0.25, 0.3) is 16.7 Å². The van der Waals surface area contributed by atoms with Gasteiger partial charge in [-0.1, -0.05) is 36.6 Å². The van der Waals surface area contributed by atoms with Crippen molar-refractivity contribution in [2.75, 3.05) is 0 Å². The molecule has 0 saturated heterocycles. The van der Waals surface area contributed by atoms with Crippen LogP contribution in [-0.4, -0.2) is 36.8 Å². The molecule has 0 aliphatic heterocycles. The second-order valence-corrected chi connectivity index (χ2v) is 6.35. The fourth-order valence-electron chi connectivity index (χ4n) is 3.30. The Morgan fingerprint density at radius 1 is 1.24 bits per heavy atom. The Morgan fingerprint density at radius 3 is 2.88 bits per heavy atom. The molecule has 0 radical (unpaired) electrons. The highest BCUT2D eigenvalue weighted by atomic mass is 15.4. The molecule has 1 fully saturated rings. The Labute approximate surface area is 145 Å². The van der Waals surface area contributed by atoms with E-state index in [0.29, 0.717) is 6.04 Å². The van der Waals surface area contributed by atoms with Crippen molar-refractivity contribution >= 4 is 22.6 Å². The third kappa shape index (κ3) is 3.31. The molecule has 3 aromatic rings. The quantitative estimate of drug-likeness (QED) is 0.504. The summed E-state index contributed by atoms with van der Waals surface area (Å²) < 4.78 is 1.54. The van der Waals surface area contributed by atoms with Gasteiger partial charge in [-0.15, -0.1) is 5.10 Å². The van der Waals surface area contributed by atoms with E-state index >= 15 is 0 Å². The van der Waals surface area contributed by atoms with Gasteiger partial charge in [-0.2, -0.15) is 4.68 Å². The second kappa shape index (κ2) is 6.88. The van der Waals surface area contributed by atoms with Crippen LogP contribution < -0.4 is 5.32 Å². The van der Waals surface area contributed by atoms with Gasteiger partial charge in [0.2, 0.25) is 0 Å². The first-order valence-electron chi connectivity index (χ1n) is 8.68. The molecule has 1 aliphatic carbocycles. The zero-order valence-electron chi connectivity index (χ0n) is 13.9. The Balaban J connectivity index is 1.64. The predicted molar refractivity (Wildman–Crippen MR) is 97.2 cm³/mol. The van der Waals surface area contributed by atoms with Gasteiger partial charge in [0.05, 0.1) is 11.2 Å². The summed E-state index contributed by atoms with van der Waals surface area (Å²) in [6, 6.07) is 8.07. The maximum Gasteiger partial charge on any atom is 0.153 e. The third-order valence-corrected chi connectivity index (χ3v) is 4.58. The van der Waals surface area contributed by atoms with E-state index in [0.717, 1.165) is 35.4 Å². The summed E-state index contributed by atoms with van der Waals surface area (Å²) in [5.74, 6) is 0.989.